The Balaban J connectivity index is 1.72. The predicted octanol–water partition coefficient (Wildman–Crippen LogP) is 4.95. The number of nitrogens with zero attached hydrogens (tertiary/aromatic N) is 1. The van der Waals surface area contributed by atoms with E-state index in [1.165, 1.54) is 0 Å². The Kier molecular flexibility index (Phi) is 5.28. The summed E-state index contributed by atoms with van der Waals surface area (Å²) in [7, 11) is 0. The van der Waals surface area contributed by atoms with Crippen molar-refractivity contribution in [2.45, 2.75) is 6.42 Å². The summed E-state index contributed by atoms with van der Waals surface area (Å²) in [5.74, 6) is -0.175. The number of nitrogens with one attached hydrogen (secondary N) is 1. The van der Waals surface area contributed by atoms with Crippen molar-refractivity contribution in [1.82, 2.24) is 5.43 Å². The monoisotopic (exact) mass is 400 g/mol. The van der Waals surface area contributed by atoms with Gasteiger partial charge in [-0.25, -0.2) is 5.43 Å². The predicted molar refractivity (Wildman–Crippen MR) is 103 cm³/mol. The van der Waals surface area contributed by atoms with Crippen LogP contribution >= 0.6 is 27.5 Å². The smallest absolute Gasteiger partial charge is 0.244 e. The van der Waals surface area contributed by atoms with Gasteiger partial charge in [-0.05, 0) is 28.5 Å². The Labute approximate surface area is 153 Å². The van der Waals surface area contributed by atoms with Gasteiger partial charge in [-0.3, -0.25) is 4.79 Å². The van der Waals surface area contributed by atoms with E-state index in [9.17, 15) is 4.79 Å². The van der Waals surface area contributed by atoms with Crippen molar-refractivity contribution in [3.05, 3.63) is 81.3 Å². The second-order valence-electron chi connectivity index (χ2n) is 5.24. The van der Waals surface area contributed by atoms with E-state index in [4.69, 9.17) is 11.6 Å². The molecule has 5 heteroatoms. The number of rotatable bonds is 4. The first kappa shape index (κ1) is 16.7. The number of carbonyl (C=O) groups excluding carboxylic acids is 1. The van der Waals surface area contributed by atoms with E-state index in [1.54, 1.807) is 12.3 Å². The lowest BCUT2D eigenvalue weighted by Gasteiger charge is -2.07. The van der Waals surface area contributed by atoms with Gasteiger partial charge in [0.25, 0.3) is 0 Å². The van der Waals surface area contributed by atoms with Crippen molar-refractivity contribution in [3.8, 4) is 0 Å². The molecule has 1 amide bonds. The standard InChI is InChI=1S/C19H14BrClN2O/c20-17-10-9-13(15-6-2-3-7-16(15)17)11-19(24)23-22-12-14-5-1-4-8-18(14)21/h1-10,12H,11H2,(H,23,24). The quantitative estimate of drug-likeness (QED) is 0.488. The van der Waals surface area contributed by atoms with Gasteiger partial charge in [-0.15, -0.1) is 0 Å². The third kappa shape index (κ3) is 3.83. The van der Waals surface area contributed by atoms with Crippen LogP contribution in [0.5, 0.6) is 0 Å². The number of hydrazone groups is 1. The van der Waals surface area contributed by atoms with Gasteiger partial charge < -0.3 is 0 Å². The Bertz CT molecular complexity index is 924. The van der Waals surface area contributed by atoms with E-state index in [2.05, 4.69) is 26.5 Å². The van der Waals surface area contributed by atoms with Crippen molar-refractivity contribution in [1.29, 1.82) is 0 Å². The van der Waals surface area contributed by atoms with Crippen LogP contribution in [0.25, 0.3) is 10.8 Å². The van der Waals surface area contributed by atoms with E-state index < -0.39 is 0 Å². The molecule has 24 heavy (non-hydrogen) atoms. The summed E-state index contributed by atoms with van der Waals surface area (Å²) < 4.78 is 1.01. The Morgan fingerprint density at radius 3 is 2.54 bits per heavy atom. The summed E-state index contributed by atoms with van der Waals surface area (Å²) in [4.78, 5) is 12.1. The second-order valence-corrected chi connectivity index (χ2v) is 6.51. The van der Waals surface area contributed by atoms with Gasteiger partial charge in [-0.1, -0.05) is 76.1 Å². The summed E-state index contributed by atoms with van der Waals surface area (Å²) in [5, 5.41) is 6.71. The van der Waals surface area contributed by atoms with Crippen LogP contribution in [0, 0.1) is 0 Å². The number of hydrogen-bond acceptors (Lipinski definition) is 2. The summed E-state index contributed by atoms with van der Waals surface area (Å²) in [5.41, 5.74) is 4.26. The van der Waals surface area contributed by atoms with Crippen molar-refractivity contribution in [3.63, 3.8) is 0 Å². The molecule has 3 rings (SSSR count). The highest BCUT2D eigenvalue weighted by atomic mass is 79.9. The van der Waals surface area contributed by atoms with Crippen LogP contribution < -0.4 is 5.43 Å². The van der Waals surface area contributed by atoms with Crippen LogP contribution in [0.1, 0.15) is 11.1 Å². The molecule has 0 aliphatic heterocycles. The fraction of sp³-hybridized carbons (Fsp3) is 0.0526. The zero-order valence-electron chi connectivity index (χ0n) is 12.7. The molecule has 3 nitrogen and oxygen atoms in total. The first-order valence-corrected chi connectivity index (χ1v) is 8.55. The summed E-state index contributed by atoms with van der Waals surface area (Å²) in [6.45, 7) is 0. The molecule has 0 atom stereocenters. The molecule has 0 unspecified atom stereocenters. The van der Waals surface area contributed by atoms with E-state index in [1.807, 2.05) is 54.6 Å². The van der Waals surface area contributed by atoms with Crippen LogP contribution in [0.4, 0.5) is 0 Å². The Morgan fingerprint density at radius 2 is 1.75 bits per heavy atom. The topological polar surface area (TPSA) is 41.5 Å². The van der Waals surface area contributed by atoms with Crippen LogP contribution in [0.2, 0.25) is 5.02 Å². The molecular formula is C19H14BrClN2O. The van der Waals surface area contributed by atoms with Gasteiger partial charge in [0.1, 0.15) is 0 Å². The second kappa shape index (κ2) is 7.60. The van der Waals surface area contributed by atoms with Crippen LogP contribution in [0.15, 0.2) is 70.2 Å². The molecule has 0 saturated carbocycles. The summed E-state index contributed by atoms with van der Waals surface area (Å²) in [6, 6.07) is 19.2. The molecule has 3 aromatic rings. The molecular weight excluding hydrogens is 388 g/mol. The minimum absolute atomic E-state index is 0.175. The molecule has 3 aromatic carbocycles. The van der Waals surface area contributed by atoms with Crippen LogP contribution in [-0.2, 0) is 11.2 Å². The average Bonchev–Trinajstić information content (AvgIpc) is 2.59. The van der Waals surface area contributed by atoms with E-state index in [0.717, 1.165) is 26.4 Å². The molecule has 0 aromatic heterocycles. The molecule has 0 radical (unpaired) electrons. The number of hydrogen-bond donors (Lipinski definition) is 1. The van der Waals surface area contributed by atoms with Crippen LogP contribution in [-0.4, -0.2) is 12.1 Å². The maximum atomic E-state index is 12.1. The lowest BCUT2D eigenvalue weighted by atomic mass is 10.0. The number of fused-ring (bicyclic) bond motifs is 1. The van der Waals surface area contributed by atoms with Gasteiger partial charge in [0, 0.05) is 15.1 Å². The summed E-state index contributed by atoms with van der Waals surface area (Å²) >= 11 is 9.58. The SMILES string of the molecule is O=C(Cc1ccc(Br)c2ccccc12)NN=Cc1ccccc1Cl. The fourth-order valence-corrected chi connectivity index (χ4v) is 3.11. The van der Waals surface area contributed by atoms with Crippen LogP contribution in [0.3, 0.4) is 0 Å². The number of carbonyl (C=O) groups is 1. The maximum absolute atomic E-state index is 12.1. The van der Waals surface area contributed by atoms with E-state index >= 15 is 0 Å². The van der Waals surface area contributed by atoms with E-state index in [-0.39, 0.29) is 12.3 Å². The third-order valence-electron chi connectivity index (χ3n) is 3.61. The molecule has 0 aliphatic rings. The fourth-order valence-electron chi connectivity index (χ4n) is 2.44. The highest BCUT2D eigenvalue weighted by molar-refractivity contribution is 9.10. The maximum Gasteiger partial charge on any atom is 0.244 e. The first-order chi connectivity index (χ1) is 11.6. The Morgan fingerprint density at radius 1 is 1.04 bits per heavy atom. The molecule has 1 N–H and O–H groups in total. The molecule has 120 valence electrons. The first-order valence-electron chi connectivity index (χ1n) is 7.38. The minimum atomic E-state index is -0.175. The third-order valence-corrected chi connectivity index (χ3v) is 4.65. The van der Waals surface area contributed by atoms with Gasteiger partial charge in [0.2, 0.25) is 5.91 Å². The molecule has 0 aliphatic carbocycles. The van der Waals surface area contributed by atoms with E-state index in [0.29, 0.717) is 5.02 Å². The molecule has 0 fully saturated rings. The molecule has 0 spiro atoms. The number of halogens is 2. The zero-order valence-corrected chi connectivity index (χ0v) is 15.0. The van der Waals surface area contributed by atoms with Crippen molar-refractivity contribution < 1.29 is 4.79 Å². The zero-order chi connectivity index (χ0) is 16.9. The lowest BCUT2D eigenvalue weighted by molar-refractivity contribution is -0.120. The molecule has 0 saturated heterocycles. The Hall–Kier alpha value is -2.17. The van der Waals surface area contributed by atoms with Crippen molar-refractivity contribution in [2.75, 3.05) is 0 Å². The molecule has 0 bridgehead atoms. The normalized spacial score (nSPS) is 11.1. The van der Waals surface area contributed by atoms with Gasteiger partial charge >= 0.3 is 0 Å². The summed E-state index contributed by atoms with van der Waals surface area (Å²) in [6.07, 6.45) is 1.80. The molecule has 0 heterocycles. The van der Waals surface area contributed by atoms with Gasteiger partial charge in [0.15, 0.2) is 0 Å². The van der Waals surface area contributed by atoms with Gasteiger partial charge in [-0.2, -0.15) is 5.10 Å². The minimum Gasteiger partial charge on any atom is -0.273 e. The average molecular weight is 402 g/mol. The highest BCUT2D eigenvalue weighted by Crippen LogP contribution is 2.27. The van der Waals surface area contributed by atoms with Crippen molar-refractivity contribution >= 4 is 50.4 Å². The number of amides is 1. The highest BCUT2D eigenvalue weighted by Gasteiger charge is 2.08. The largest absolute Gasteiger partial charge is 0.273 e. The van der Waals surface area contributed by atoms with Gasteiger partial charge in [0.05, 0.1) is 12.6 Å². The number of benzene rings is 3. The lowest BCUT2D eigenvalue weighted by Crippen LogP contribution is -2.19. The van der Waals surface area contributed by atoms with Crippen molar-refractivity contribution in [2.24, 2.45) is 5.10 Å².